The molecule has 0 aromatic heterocycles. The number of hydrogen-bond acceptors (Lipinski definition) is 2. The van der Waals surface area contributed by atoms with Crippen molar-refractivity contribution < 1.29 is 10.2 Å². The van der Waals surface area contributed by atoms with E-state index >= 15 is 0 Å². The van der Waals surface area contributed by atoms with E-state index in [2.05, 4.69) is 12.2 Å². The molecule has 2 rings (SSSR count). The van der Waals surface area contributed by atoms with Crippen molar-refractivity contribution in [3.05, 3.63) is 12.2 Å². The van der Waals surface area contributed by atoms with Crippen molar-refractivity contribution in [2.75, 3.05) is 0 Å². The van der Waals surface area contributed by atoms with Crippen molar-refractivity contribution in [1.82, 2.24) is 0 Å². The first-order valence-electron chi connectivity index (χ1n) is 6.23. The van der Waals surface area contributed by atoms with Crippen LogP contribution in [0.4, 0.5) is 0 Å². The van der Waals surface area contributed by atoms with Gasteiger partial charge in [0.1, 0.15) is 0 Å². The summed E-state index contributed by atoms with van der Waals surface area (Å²) in [5, 5.41) is 20.1. The summed E-state index contributed by atoms with van der Waals surface area (Å²) >= 11 is 0. The van der Waals surface area contributed by atoms with Crippen molar-refractivity contribution in [2.45, 2.75) is 45.3 Å². The third kappa shape index (κ3) is 1.74. The second-order valence-electron chi connectivity index (χ2n) is 5.05. The van der Waals surface area contributed by atoms with Gasteiger partial charge in [-0.2, -0.15) is 0 Å². The minimum Gasteiger partial charge on any atom is -0.393 e. The third-order valence-electron chi connectivity index (χ3n) is 4.31. The van der Waals surface area contributed by atoms with E-state index in [9.17, 15) is 10.2 Å². The maximum atomic E-state index is 10.0. The monoisotopic (exact) mass is 210 g/mol. The molecule has 0 spiro atoms. The summed E-state index contributed by atoms with van der Waals surface area (Å²) in [4.78, 5) is 0. The molecule has 0 radical (unpaired) electrons. The van der Waals surface area contributed by atoms with Crippen LogP contribution >= 0.6 is 0 Å². The molecule has 0 amide bonds. The first-order chi connectivity index (χ1) is 7.19. The number of aliphatic hydroxyl groups excluding tert-OH is 2. The first kappa shape index (κ1) is 11.2. The highest BCUT2D eigenvalue weighted by molar-refractivity contribution is 5.15. The Kier molecular flexibility index (Phi) is 3.17. The second-order valence-corrected chi connectivity index (χ2v) is 5.05. The molecule has 0 aromatic carbocycles. The van der Waals surface area contributed by atoms with Gasteiger partial charge in [-0.05, 0) is 42.9 Å². The van der Waals surface area contributed by atoms with Gasteiger partial charge in [0.15, 0.2) is 0 Å². The molecule has 6 atom stereocenters. The third-order valence-corrected chi connectivity index (χ3v) is 4.31. The Labute approximate surface area is 92.0 Å². The maximum absolute atomic E-state index is 10.0. The van der Waals surface area contributed by atoms with Gasteiger partial charge < -0.3 is 10.2 Å². The summed E-state index contributed by atoms with van der Waals surface area (Å²) in [6, 6.07) is 0. The number of hydrogen-bond donors (Lipinski definition) is 2. The largest absolute Gasteiger partial charge is 0.393 e. The Bertz CT molecular complexity index is 225. The van der Waals surface area contributed by atoms with Crippen molar-refractivity contribution in [3.63, 3.8) is 0 Å². The molecule has 2 N–H and O–H groups in total. The summed E-state index contributed by atoms with van der Waals surface area (Å²) in [6.07, 6.45) is 6.75. The van der Waals surface area contributed by atoms with Crippen molar-refractivity contribution >= 4 is 0 Å². The topological polar surface area (TPSA) is 40.5 Å². The number of aliphatic hydroxyl groups is 2. The Morgan fingerprint density at radius 3 is 1.73 bits per heavy atom. The van der Waals surface area contributed by atoms with Crippen LogP contribution in [0.15, 0.2) is 12.2 Å². The van der Waals surface area contributed by atoms with Gasteiger partial charge in [-0.1, -0.05) is 26.0 Å². The van der Waals surface area contributed by atoms with E-state index in [1.807, 2.05) is 13.8 Å². The summed E-state index contributed by atoms with van der Waals surface area (Å²) in [5.41, 5.74) is 0. The lowest BCUT2D eigenvalue weighted by Crippen LogP contribution is -2.37. The fourth-order valence-electron chi connectivity index (χ4n) is 3.53. The standard InChI is InChI=1S/C13H22O2/c1-3-10(14)12-8-5-6-9(7-8)13(12)11(15)4-2/h5-6,8-15H,3-4,7H2,1-2H3. The number of fused-ring (bicyclic) bond motifs is 2. The minimum absolute atomic E-state index is 0.240. The van der Waals surface area contributed by atoms with E-state index < -0.39 is 0 Å². The van der Waals surface area contributed by atoms with Gasteiger partial charge in [0, 0.05) is 0 Å². The highest BCUT2D eigenvalue weighted by Crippen LogP contribution is 2.51. The van der Waals surface area contributed by atoms with Crippen molar-refractivity contribution in [3.8, 4) is 0 Å². The number of allylic oxidation sites excluding steroid dienone is 2. The van der Waals surface area contributed by atoms with E-state index in [4.69, 9.17) is 0 Å². The number of rotatable bonds is 4. The van der Waals surface area contributed by atoms with Gasteiger partial charge in [0.2, 0.25) is 0 Å². The molecular formula is C13H22O2. The minimum atomic E-state index is -0.240. The van der Waals surface area contributed by atoms with Gasteiger partial charge >= 0.3 is 0 Å². The van der Waals surface area contributed by atoms with E-state index in [0.717, 1.165) is 19.3 Å². The summed E-state index contributed by atoms with van der Waals surface area (Å²) < 4.78 is 0. The van der Waals surface area contributed by atoms with Gasteiger partial charge in [-0.3, -0.25) is 0 Å². The molecule has 6 unspecified atom stereocenters. The molecular weight excluding hydrogens is 188 g/mol. The Morgan fingerprint density at radius 1 is 1.00 bits per heavy atom. The van der Waals surface area contributed by atoms with Gasteiger partial charge in [0.25, 0.3) is 0 Å². The van der Waals surface area contributed by atoms with Crippen LogP contribution in [0.25, 0.3) is 0 Å². The van der Waals surface area contributed by atoms with Crippen LogP contribution in [0.3, 0.4) is 0 Å². The molecule has 2 aliphatic rings. The lowest BCUT2D eigenvalue weighted by molar-refractivity contribution is -0.00131. The highest BCUT2D eigenvalue weighted by Gasteiger charge is 2.49. The van der Waals surface area contributed by atoms with Crippen LogP contribution in [-0.2, 0) is 0 Å². The Balaban J connectivity index is 2.16. The van der Waals surface area contributed by atoms with Crippen molar-refractivity contribution in [2.24, 2.45) is 23.7 Å². The fourth-order valence-corrected chi connectivity index (χ4v) is 3.53. The molecule has 0 aliphatic heterocycles. The zero-order valence-corrected chi connectivity index (χ0v) is 9.63. The van der Waals surface area contributed by atoms with Gasteiger partial charge in [-0.15, -0.1) is 0 Å². The van der Waals surface area contributed by atoms with Gasteiger partial charge in [-0.25, -0.2) is 0 Å². The van der Waals surface area contributed by atoms with E-state index in [1.165, 1.54) is 0 Å². The Morgan fingerprint density at radius 2 is 1.40 bits per heavy atom. The lowest BCUT2D eigenvalue weighted by Gasteiger charge is -2.34. The fraction of sp³-hybridized carbons (Fsp3) is 0.846. The van der Waals surface area contributed by atoms with Crippen LogP contribution in [0.2, 0.25) is 0 Å². The summed E-state index contributed by atoms with van der Waals surface area (Å²) in [7, 11) is 0. The van der Waals surface area contributed by atoms with Crippen LogP contribution < -0.4 is 0 Å². The molecule has 86 valence electrons. The zero-order valence-electron chi connectivity index (χ0n) is 9.63. The van der Waals surface area contributed by atoms with Crippen LogP contribution in [-0.4, -0.2) is 22.4 Å². The average molecular weight is 210 g/mol. The quantitative estimate of drug-likeness (QED) is 0.696. The molecule has 0 saturated heterocycles. The van der Waals surface area contributed by atoms with Crippen LogP contribution in [0.1, 0.15) is 33.1 Å². The molecule has 1 fully saturated rings. The van der Waals surface area contributed by atoms with Crippen LogP contribution in [0.5, 0.6) is 0 Å². The van der Waals surface area contributed by atoms with E-state index in [0.29, 0.717) is 23.7 Å². The maximum Gasteiger partial charge on any atom is 0.0575 e. The van der Waals surface area contributed by atoms with E-state index in [-0.39, 0.29) is 12.2 Å². The highest BCUT2D eigenvalue weighted by atomic mass is 16.3. The van der Waals surface area contributed by atoms with E-state index in [1.54, 1.807) is 0 Å². The molecule has 2 nitrogen and oxygen atoms in total. The molecule has 1 saturated carbocycles. The molecule has 0 aromatic rings. The molecule has 2 bridgehead atoms. The predicted octanol–water partition coefficient (Wildman–Crippen LogP) is 1.97. The molecule has 2 aliphatic carbocycles. The normalized spacial score (nSPS) is 42.1. The second kappa shape index (κ2) is 4.26. The molecule has 15 heavy (non-hydrogen) atoms. The summed E-state index contributed by atoms with van der Waals surface area (Å²) in [6.45, 7) is 4.05. The van der Waals surface area contributed by atoms with Gasteiger partial charge in [0.05, 0.1) is 12.2 Å². The van der Waals surface area contributed by atoms with Crippen LogP contribution in [0, 0.1) is 23.7 Å². The lowest BCUT2D eigenvalue weighted by atomic mass is 9.75. The smallest absolute Gasteiger partial charge is 0.0575 e. The predicted molar refractivity (Wildman–Crippen MR) is 60.3 cm³/mol. The van der Waals surface area contributed by atoms with Crippen molar-refractivity contribution in [1.29, 1.82) is 0 Å². The SMILES string of the molecule is CCC(O)C1C2C=CC(C2)C1C(O)CC. The first-order valence-corrected chi connectivity index (χ1v) is 6.23. The molecule has 0 heterocycles. The molecule has 2 heteroatoms. The zero-order chi connectivity index (χ0) is 11.0. The average Bonchev–Trinajstić information content (AvgIpc) is 2.86. The Hall–Kier alpha value is -0.340. The summed E-state index contributed by atoms with van der Waals surface area (Å²) in [5.74, 6) is 1.60.